The van der Waals surface area contributed by atoms with E-state index in [0.29, 0.717) is 26.0 Å². The van der Waals surface area contributed by atoms with Gasteiger partial charge < -0.3 is 14.6 Å². The normalized spacial score (nSPS) is 10.6. The number of ether oxygens (including phenoxy) is 1. The van der Waals surface area contributed by atoms with Crippen molar-refractivity contribution in [2.24, 2.45) is 0 Å². The topological polar surface area (TPSA) is 56.1 Å². The van der Waals surface area contributed by atoms with Crippen molar-refractivity contribution >= 4 is 5.91 Å². The van der Waals surface area contributed by atoms with Crippen LogP contribution in [0.1, 0.15) is 23.9 Å². The molecule has 27 heavy (non-hydrogen) atoms. The Labute approximate surface area is 160 Å². The highest BCUT2D eigenvalue weighted by Gasteiger charge is 2.07. The molecule has 0 atom stereocenters. The fourth-order valence-electron chi connectivity index (χ4n) is 2.92. The van der Waals surface area contributed by atoms with Crippen molar-refractivity contribution in [1.82, 2.24) is 14.9 Å². The molecule has 1 N–H and O–H groups in total. The molecule has 0 aliphatic carbocycles. The monoisotopic (exact) mass is 363 g/mol. The molecule has 0 bridgehead atoms. The van der Waals surface area contributed by atoms with E-state index in [1.807, 2.05) is 55.6 Å². The van der Waals surface area contributed by atoms with Crippen LogP contribution < -0.4 is 10.1 Å². The molecule has 1 aromatic heterocycles. The molecule has 0 spiro atoms. The minimum absolute atomic E-state index is 0.0142. The van der Waals surface area contributed by atoms with Crippen LogP contribution in [0.3, 0.4) is 0 Å². The van der Waals surface area contributed by atoms with Gasteiger partial charge in [-0.1, -0.05) is 42.5 Å². The highest BCUT2D eigenvalue weighted by Crippen LogP contribution is 2.12. The van der Waals surface area contributed by atoms with Gasteiger partial charge in [0.1, 0.15) is 11.6 Å². The zero-order valence-corrected chi connectivity index (χ0v) is 15.6. The standard InChI is InChI=1S/C22H25N3O2/c1-2-27-20-10-8-18(9-11-20)16-22(26)24-13-12-21-23-14-15-25(21)17-19-6-4-3-5-7-19/h3-11,14-15H,2,12-13,16-17H2,1H3,(H,24,26). The van der Waals surface area contributed by atoms with Crippen LogP contribution in [0.15, 0.2) is 67.0 Å². The van der Waals surface area contributed by atoms with Crippen molar-refractivity contribution in [3.63, 3.8) is 0 Å². The molecule has 3 aromatic rings. The number of benzene rings is 2. The van der Waals surface area contributed by atoms with Gasteiger partial charge in [0.2, 0.25) is 5.91 Å². The average Bonchev–Trinajstić information content (AvgIpc) is 3.11. The second-order valence-electron chi connectivity index (χ2n) is 6.31. The fraction of sp³-hybridized carbons (Fsp3) is 0.273. The van der Waals surface area contributed by atoms with Crippen molar-refractivity contribution in [2.45, 2.75) is 26.3 Å². The third-order valence-electron chi connectivity index (χ3n) is 4.27. The minimum atomic E-state index is 0.0142. The maximum atomic E-state index is 12.2. The van der Waals surface area contributed by atoms with E-state index in [4.69, 9.17) is 4.74 Å². The van der Waals surface area contributed by atoms with Crippen LogP contribution in [0.25, 0.3) is 0 Å². The van der Waals surface area contributed by atoms with Gasteiger partial charge in [0.25, 0.3) is 0 Å². The lowest BCUT2D eigenvalue weighted by atomic mass is 10.1. The SMILES string of the molecule is CCOc1ccc(CC(=O)NCCc2nccn2Cc2ccccc2)cc1. The molecule has 140 valence electrons. The summed E-state index contributed by atoms with van der Waals surface area (Å²) < 4.78 is 7.53. The lowest BCUT2D eigenvalue weighted by molar-refractivity contribution is -0.120. The van der Waals surface area contributed by atoms with E-state index in [-0.39, 0.29) is 5.91 Å². The first-order chi connectivity index (χ1) is 13.2. The summed E-state index contributed by atoms with van der Waals surface area (Å²) in [5.74, 6) is 1.81. The molecule has 3 rings (SSSR count). The number of carbonyl (C=O) groups excluding carboxylic acids is 1. The Balaban J connectivity index is 1.46. The first-order valence-corrected chi connectivity index (χ1v) is 9.27. The van der Waals surface area contributed by atoms with E-state index in [2.05, 4.69) is 27.0 Å². The van der Waals surface area contributed by atoms with Crippen LogP contribution in [0.4, 0.5) is 0 Å². The Morgan fingerprint density at radius 3 is 2.59 bits per heavy atom. The summed E-state index contributed by atoms with van der Waals surface area (Å²) in [4.78, 5) is 16.6. The van der Waals surface area contributed by atoms with Crippen LogP contribution in [0.5, 0.6) is 5.75 Å². The van der Waals surface area contributed by atoms with Gasteiger partial charge >= 0.3 is 0 Å². The molecule has 0 aliphatic rings. The van der Waals surface area contributed by atoms with Gasteiger partial charge in [-0.25, -0.2) is 4.98 Å². The second-order valence-corrected chi connectivity index (χ2v) is 6.31. The first-order valence-electron chi connectivity index (χ1n) is 9.27. The Bertz CT molecular complexity index is 842. The van der Waals surface area contributed by atoms with E-state index in [1.165, 1.54) is 5.56 Å². The summed E-state index contributed by atoms with van der Waals surface area (Å²) in [5.41, 5.74) is 2.21. The number of imidazole rings is 1. The van der Waals surface area contributed by atoms with Gasteiger partial charge in [0.15, 0.2) is 0 Å². The third kappa shape index (κ3) is 5.71. The lowest BCUT2D eigenvalue weighted by Crippen LogP contribution is -2.28. The van der Waals surface area contributed by atoms with Crippen molar-refractivity contribution in [3.05, 3.63) is 83.9 Å². The van der Waals surface area contributed by atoms with Crippen molar-refractivity contribution in [1.29, 1.82) is 0 Å². The third-order valence-corrected chi connectivity index (χ3v) is 4.27. The van der Waals surface area contributed by atoms with Crippen molar-refractivity contribution in [2.75, 3.05) is 13.2 Å². The van der Waals surface area contributed by atoms with Crippen molar-refractivity contribution < 1.29 is 9.53 Å². The zero-order valence-electron chi connectivity index (χ0n) is 15.6. The van der Waals surface area contributed by atoms with E-state index < -0.39 is 0 Å². The number of hydrogen-bond acceptors (Lipinski definition) is 3. The fourth-order valence-corrected chi connectivity index (χ4v) is 2.92. The van der Waals surface area contributed by atoms with Crippen LogP contribution in [0.2, 0.25) is 0 Å². The molecule has 0 aliphatic heterocycles. The summed E-state index contributed by atoms with van der Waals surface area (Å²) in [7, 11) is 0. The Kier molecular flexibility index (Phi) is 6.63. The number of amides is 1. The summed E-state index contributed by atoms with van der Waals surface area (Å²) in [6, 6.07) is 17.9. The number of nitrogens with zero attached hydrogens (tertiary/aromatic N) is 2. The van der Waals surface area contributed by atoms with Gasteiger partial charge in [-0.3, -0.25) is 4.79 Å². The smallest absolute Gasteiger partial charge is 0.224 e. The number of nitrogens with one attached hydrogen (secondary N) is 1. The number of hydrogen-bond donors (Lipinski definition) is 1. The number of rotatable bonds is 9. The molecule has 0 fully saturated rings. The summed E-state index contributed by atoms with van der Waals surface area (Å²) in [6.07, 6.45) is 4.85. The Morgan fingerprint density at radius 2 is 1.85 bits per heavy atom. The molecular weight excluding hydrogens is 338 g/mol. The second kappa shape index (κ2) is 9.57. The highest BCUT2D eigenvalue weighted by molar-refractivity contribution is 5.78. The molecule has 0 saturated heterocycles. The van der Waals surface area contributed by atoms with Crippen molar-refractivity contribution in [3.8, 4) is 5.75 Å². The molecule has 5 nitrogen and oxygen atoms in total. The van der Waals surface area contributed by atoms with Crippen LogP contribution in [-0.2, 0) is 24.2 Å². The highest BCUT2D eigenvalue weighted by atomic mass is 16.5. The summed E-state index contributed by atoms with van der Waals surface area (Å²) >= 11 is 0. The quantitative estimate of drug-likeness (QED) is 0.635. The van der Waals surface area contributed by atoms with Gasteiger partial charge in [-0.15, -0.1) is 0 Å². The predicted octanol–water partition coefficient (Wildman–Crippen LogP) is 3.23. The van der Waals surface area contributed by atoms with E-state index >= 15 is 0 Å². The molecule has 0 radical (unpaired) electrons. The van der Waals surface area contributed by atoms with E-state index in [9.17, 15) is 4.79 Å². The minimum Gasteiger partial charge on any atom is -0.494 e. The molecule has 0 unspecified atom stereocenters. The van der Waals surface area contributed by atoms with Crippen LogP contribution in [0, 0.1) is 0 Å². The first kappa shape index (κ1) is 18.7. The van der Waals surface area contributed by atoms with Gasteiger partial charge in [-0.2, -0.15) is 0 Å². The van der Waals surface area contributed by atoms with E-state index in [0.717, 1.165) is 23.7 Å². The largest absolute Gasteiger partial charge is 0.494 e. The molecule has 0 saturated carbocycles. The van der Waals surface area contributed by atoms with E-state index in [1.54, 1.807) is 6.20 Å². The number of aromatic nitrogens is 2. The average molecular weight is 363 g/mol. The summed E-state index contributed by atoms with van der Waals surface area (Å²) in [6.45, 7) is 3.95. The van der Waals surface area contributed by atoms with Gasteiger partial charge in [0, 0.05) is 31.9 Å². The van der Waals surface area contributed by atoms with Gasteiger partial charge in [0.05, 0.1) is 13.0 Å². The molecule has 5 heteroatoms. The Morgan fingerprint density at radius 1 is 1.07 bits per heavy atom. The molecule has 2 aromatic carbocycles. The lowest BCUT2D eigenvalue weighted by Gasteiger charge is -2.09. The maximum absolute atomic E-state index is 12.2. The number of carbonyl (C=O) groups is 1. The van der Waals surface area contributed by atoms with Gasteiger partial charge in [-0.05, 0) is 30.2 Å². The predicted molar refractivity (Wildman–Crippen MR) is 106 cm³/mol. The molecular formula is C22H25N3O2. The van der Waals surface area contributed by atoms with Crippen LogP contribution >= 0.6 is 0 Å². The van der Waals surface area contributed by atoms with Crippen LogP contribution in [-0.4, -0.2) is 28.6 Å². The maximum Gasteiger partial charge on any atom is 0.224 e. The Hall–Kier alpha value is -3.08. The zero-order chi connectivity index (χ0) is 18.9. The molecule has 1 heterocycles. The molecule has 1 amide bonds. The summed E-state index contributed by atoms with van der Waals surface area (Å²) in [5, 5.41) is 2.98.